The van der Waals surface area contributed by atoms with Crippen molar-refractivity contribution >= 4 is 15.9 Å². The van der Waals surface area contributed by atoms with Crippen LogP contribution in [0.4, 0.5) is 8.78 Å². The van der Waals surface area contributed by atoms with Crippen LogP contribution in [-0.4, -0.2) is 80.0 Å². The molecule has 2 saturated heterocycles. The first-order chi connectivity index (χ1) is 16.6. The highest BCUT2D eigenvalue weighted by molar-refractivity contribution is 7.89. The molecule has 1 aromatic rings. The Morgan fingerprint density at radius 1 is 1.23 bits per heavy atom. The zero-order chi connectivity index (χ0) is 25.6. The van der Waals surface area contributed by atoms with Gasteiger partial charge < -0.3 is 20.5 Å². The number of sulfonamides is 1. The second-order valence-electron chi connectivity index (χ2n) is 9.51. The van der Waals surface area contributed by atoms with Crippen molar-refractivity contribution in [2.45, 2.75) is 70.2 Å². The Hall–Kier alpha value is -1.66. The summed E-state index contributed by atoms with van der Waals surface area (Å²) in [4.78, 5) is 12.9. The van der Waals surface area contributed by atoms with Crippen LogP contribution in [0, 0.1) is 17.6 Å². The zero-order valence-electron chi connectivity index (χ0n) is 20.4. The normalized spacial score (nSPS) is 23.1. The van der Waals surface area contributed by atoms with E-state index in [1.54, 1.807) is 6.92 Å². The number of rotatable bonds is 13. The SMILES string of the molecule is CCCCO[C@H]1CN[C@@H]([C@@H](O)[C@H](Cc2cc(F)cc(F)c2)NC(=O)C2CN(S(=O)(=O)CCC)C2)C1. The van der Waals surface area contributed by atoms with E-state index in [-0.39, 0.29) is 43.3 Å². The predicted molar refractivity (Wildman–Crippen MR) is 128 cm³/mol. The van der Waals surface area contributed by atoms with Gasteiger partial charge in [0, 0.05) is 38.3 Å². The third-order valence-electron chi connectivity index (χ3n) is 6.58. The molecule has 3 N–H and O–H groups in total. The van der Waals surface area contributed by atoms with Crippen LogP contribution < -0.4 is 10.6 Å². The van der Waals surface area contributed by atoms with Gasteiger partial charge in [-0.1, -0.05) is 20.3 Å². The van der Waals surface area contributed by atoms with Crippen molar-refractivity contribution in [1.82, 2.24) is 14.9 Å². The lowest BCUT2D eigenvalue weighted by atomic mass is 9.93. The van der Waals surface area contributed by atoms with Crippen LogP contribution in [0.25, 0.3) is 0 Å². The molecule has 1 amide bonds. The van der Waals surface area contributed by atoms with Crippen LogP contribution in [0.1, 0.15) is 45.1 Å². The number of nitrogens with zero attached hydrogens (tertiary/aromatic N) is 1. The largest absolute Gasteiger partial charge is 0.389 e. The highest BCUT2D eigenvalue weighted by atomic mass is 32.2. The molecule has 0 saturated carbocycles. The van der Waals surface area contributed by atoms with Crippen LogP contribution in [0.2, 0.25) is 0 Å². The summed E-state index contributed by atoms with van der Waals surface area (Å²) in [5, 5.41) is 17.2. The number of halogens is 2. The van der Waals surface area contributed by atoms with E-state index >= 15 is 0 Å². The monoisotopic (exact) mass is 517 g/mol. The average Bonchev–Trinajstić information content (AvgIpc) is 3.19. The van der Waals surface area contributed by atoms with Crippen molar-refractivity contribution in [2.75, 3.05) is 32.0 Å². The number of hydrogen-bond acceptors (Lipinski definition) is 6. The topological polar surface area (TPSA) is 108 Å². The van der Waals surface area contributed by atoms with Crippen LogP contribution in [0.3, 0.4) is 0 Å². The Kier molecular flexibility index (Phi) is 10.00. The van der Waals surface area contributed by atoms with Gasteiger partial charge in [0.05, 0.1) is 29.9 Å². The summed E-state index contributed by atoms with van der Waals surface area (Å²) in [5.74, 6) is -2.37. The van der Waals surface area contributed by atoms with Crippen molar-refractivity contribution in [1.29, 1.82) is 0 Å². The van der Waals surface area contributed by atoms with Crippen molar-refractivity contribution in [3.63, 3.8) is 0 Å². The van der Waals surface area contributed by atoms with E-state index in [1.807, 2.05) is 0 Å². The van der Waals surface area contributed by atoms with Gasteiger partial charge in [0.15, 0.2) is 0 Å². The maximum Gasteiger partial charge on any atom is 0.226 e. The smallest absolute Gasteiger partial charge is 0.226 e. The number of hydrogen-bond donors (Lipinski definition) is 3. The van der Waals surface area contributed by atoms with E-state index in [0.29, 0.717) is 31.6 Å². The number of carbonyl (C=O) groups excluding carboxylic acids is 1. The van der Waals surface area contributed by atoms with E-state index in [1.165, 1.54) is 16.4 Å². The quantitative estimate of drug-likeness (QED) is 0.343. The molecular weight excluding hydrogens is 480 g/mol. The Bertz CT molecular complexity index is 938. The number of aliphatic hydroxyl groups is 1. The van der Waals surface area contributed by atoms with Gasteiger partial charge >= 0.3 is 0 Å². The fourth-order valence-electron chi connectivity index (χ4n) is 4.55. The van der Waals surface area contributed by atoms with Crippen molar-refractivity contribution < 1.29 is 31.8 Å². The standard InChI is InChI=1S/C24H37F2N3O5S/c1-3-5-6-34-20-12-21(27-13-20)23(30)22(10-16-8-18(25)11-19(26)9-16)28-24(31)17-14-29(15-17)35(32,33)7-4-2/h8-9,11,17,20-23,27,30H,3-7,10,12-15H2,1-2H3,(H,28,31)/t20-,21-,22+,23-/m1/s1. The second-order valence-corrected chi connectivity index (χ2v) is 11.6. The van der Waals surface area contributed by atoms with E-state index in [0.717, 1.165) is 18.9 Å². The number of amides is 1. The van der Waals surface area contributed by atoms with Crippen molar-refractivity contribution in [3.8, 4) is 0 Å². The number of aliphatic hydroxyl groups excluding tert-OH is 1. The Morgan fingerprint density at radius 2 is 1.91 bits per heavy atom. The number of benzene rings is 1. The Labute approximate surface area is 206 Å². The molecule has 4 atom stereocenters. The first kappa shape index (κ1) is 27.9. The lowest BCUT2D eigenvalue weighted by molar-refractivity contribution is -0.130. The number of carbonyl (C=O) groups is 1. The summed E-state index contributed by atoms with van der Waals surface area (Å²) in [5.41, 5.74) is 0.307. The van der Waals surface area contributed by atoms with Crippen molar-refractivity contribution in [3.05, 3.63) is 35.4 Å². The number of unbranched alkanes of at least 4 members (excludes halogenated alkanes) is 1. The summed E-state index contributed by atoms with van der Waals surface area (Å²) in [7, 11) is -3.38. The molecule has 0 aliphatic carbocycles. The molecule has 11 heteroatoms. The minimum Gasteiger partial charge on any atom is -0.389 e. The molecule has 2 heterocycles. The number of nitrogens with one attached hydrogen (secondary N) is 2. The van der Waals surface area contributed by atoms with Crippen LogP contribution in [0.15, 0.2) is 18.2 Å². The highest BCUT2D eigenvalue weighted by Gasteiger charge is 2.41. The van der Waals surface area contributed by atoms with Gasteiger partial charge in [0.25, 0.3) is 0 Å². The van der Waals surface area contributed by atoms with E-state index < -0.39 is 39.7 Å². The fraction of sp³-hybridized carbons (Fsp3) is 0.708. The summed E-state index contributed by atoms with van der Waals surface area (Å²) in [6.45, 7) is 5.22. The van der Waals surface area contributed by atoms with Crippen LogP contribution in [-0.2, 0) is 26.0 Å². The lowest BCUT2D eigenvalue weighted by Crippen LogP contribution is -2.60. The molecular formula is C24H37F2N3O5S. The van der Waals surface area contributed by atoms with Gasteiger partial charge in [0.1, 0.15) is 11.6 Å². The Balaban J connectivity index is 1.66. The number of ether oxygens (including phenoxy) is 1. The molecule has 198 valence electrons. The first-order valence-corrected chi connectivity index (χ1v) is 14.0. The van der Waals surface area contributed by atoms with Crippen molar-refractivity contribution in [2.24, 2.45) is 5.92 Å². The first-order valence-electron chi connectivity index (χ1n) is 12.4. The Morgan fingerprint density at radius 3 is 2.54 bits per heavy atom. The molecule has 2 fully saturated rings. The molecule has 2 aliphatic rings. The maximum atomic E-state index is 13.8. The minimum atomic E-state index is -3.38. The summed E-state index contributed by atoms with van der Waals surface area (Å²) in [6, 6.07) is 1.93. The average molecular weight is 518 g/mol. The van der Waals surface area contributed by atoms with E-state index in [4.69, 9.17) is 4.74 Å². The van der Waals surface area contributed by atoms with Crippen LogP contribution >= 0.6 is 0 Å². The lowest BCUT2D eigenvalue weighted by Gasteiger charge is -2.38. The molecule has 0 aromatic heterocycles. The second kappa shape index (κ2) is 12.5. The molecule has 0 bridgehead atoms. The van der Waals surface area contributed by atoms with E-state index in [9.17, 15) is 27.1 Å². The molecule has 0 spiro atoms. The molecule has 8 nitrogen and oxygen atoms in total. The van der Waals surface area contributed by atoms with Gasteiger partial charge in [-0.2, -0.15) is 0 Å². The zero-order valence-corrected chi connectivity index (χ0v) is 21.2. The van der Waals surface area contributed by atoms with Gasteiger partial charge in [-0.05, 0) is 43.4 Å². The minimum absolute atomic E-state index is 0.0195. The third kappa shape index (κ3) is 7.66. The molecule has 1 aromatic carbocycles. The third-order valence-corrected chi connectivity index (χ3v) is 8.59. The van der Waals surface area contributed by atoms with Gasteiger partial charge in [-0.15, -0.1) is 0 Å². The van der Waals surface area contributed by atoms with Gasteiger partial charge in [-0.25, -0.2) is 21.5 Å². The molecule has 3 rings (SSSR count). The van der Waals surface area contributed by atoms with Gasteiger partial charge in [-0.3, -0.25) is 4.79 Å². The maximum absolute atomic E-state index is 13.8. The van der Waals surface area contributed by atoms with Gasteiger partial charge in [0.2, 0.25) is 15.9 Å². The summed E-state index contributed by atoms with van der Waals surface area (Å²) in [6.07, 6.45) is 1.92. The fourth-order valence-corrected chi connectivity index (χ4v) is 6.14. The molecule has 35 heavy (non-hydrogen) atoms. The predicted octanol–water partition coefficient (Wildman–Crippen LogP) is 1.57. The highest BCUT2D eigenvalue weighted by Crippen LogP contribution is 2.23. The summed E-state index contributed by atoms with van der Waals surface area (Å²) < 4.78 is 59.0. The molecule has 0 radical (unpaired) electrons. The van der Waals surface area contributed by atoms with Crippen LogP contribution in [0.5, 0.6) is 0 Å². The summed E-state index contributed by atoms with van der Waals surface area (Å²) >= 11 is 0. The molecule has 0 unspecified atom stereocenters. The molecule has 2 aliphatic heterocycles. The van der Waals surface area contributed by atoms with E-state index in [2.05, 4.69) is 17.6 Å².